The number of aromatic nitrogens is 1. The van der Waals surface area contributed by atoms with Gasteiger partial charge >= 0.3 is 0 Å². The van der Waals surface area contributed by atoms with Gasteiger partial charge in [-0.2, -0.15) is 0 Å². The summed E-state index contributed by atoms with van der Waals surface area (Å²) >= 11 is 0. The highest BCUT2D eigenvalue weighted by molar-refractivity contribution is 5.79. The van der Waals surface area contributed by atoms with Crippen LogP contribution in [0.2, 0.25) is 0 Å². The smallest absolute Gasteiger partial charge is 0.204 e. The fourth-order valence-electron chi connectivity index (χ4n) is 1.78. The van der Waals surface area contributed by atoms with E-state index in [0.717, 1.165) is 16.7 Å². The number of benzene rings is 2. The molecular formula is C15H14N2O2. The number of carbonyl (C=O) groups is 1. The lowest BCUT2D eigenvalue weighted by molar-refractivity contribution is -0.106. The van der Waals surface area contributed by atoms with E-state index >= 15 is 0 Å². The summed E-state index contributed by atoms with van der Waals surface area (Å²) in [6, 6.07) is 14.5. The van der Waals surface area contributed by atoms with Crippen molar-refractivity contribution in [3.63, 3.8) is 0 Å². The topological polar surface area (TPSA) is 69.1 Å². The summed E-state index contributed by atoms with van der Waals surface area (Å²) in [6.45, 7) is 2.09. The lowest BCUT2D eigenvalue weighted by atomic mass is 10.0. The number of nitrogens with two attached hydrogens (primary N) is 1. The Labute approximate surface area is 110 Å². The van der Waals surface area contributed by atoms with Crippen molar-refractivity contribution in [3.8, 4) is 11.1 Å². The standard InChI is InChI=1S/C14H11NO.CH3NO/c1-10-2-4-11(5-3-10)12-6-7-13-14(8-12)16-9-15-13;2-1-3/h2-9H,1H3;1H,(H2,2,3). The summed E-state index contributed by atoms with van der Waals surface area (Å²) in [7, 11) is 0. The number of hydrogen-bond acceptors (Lipinski definition) is 3. The van der Waals surface area contributed by atoms with Crippen LogP contribution in [0.1, 0.15) is 5.56 Å². The lowest BCUT2D eigenvalue weighted by Gasteiger charge is -2.01. The summed E-state index contributed by atoms with van der Waals surface area (Å²) in [5.41, 5.74) is 9.52. The van der Waals surface area contributed by atoms with Crippen LogP contribution in [0.3, 0.4) is 0 Å². The predicted octanol–water partition coefficient (Wildman–Crippen LogP) is 2.90. The van der Waals surface area contributed by atoms with E-state index < -0.39 is 0 Å². The van der Waals surface area contributed by atoms with Crippen molar-refractivity contribution in [3.05, 3.63) is 54.4 Å². The molecule has 1 aromatic heterocycles. The molecule has 0 aliphatic carbocycles. The highest BCUT2D eigenvalue weighted by atomic mass is 16.3. The molecule has 4 heteroatoms. The van der Waals surface area contributed by atoms with Crippen LogP contribution in [0.25, 0.3) is 22.2 Å². The average molecular weight is 254 g/mol. The second-order valence-corrected chi connectivity index (χ2v) is 4.04. The average Bonchev–Trinajstić information content (AvgIpc) is 2.87. The van der Waals surface area contributed by atoms with E-state index in [4.69, 9.17) is 9.21 Å². The molecule has 19 heavy (non-hydrogen) atoms. The fraction of sp³-hybridized carbons (Fsp3) is 0.0667. The van der Waals surface area contributed by atoms with Gasteiger partial charge in [0.2, 0.25) is 6.41 Å². The molecule has 3 rings (SSSR count). The van der Waals surface area contributed by atoms with Crippen LogP contribution in [-0.4, -0.2) is 11.4 Å². The number of hydrogen-bond donors (Lipinski definition) is 1. The quantitative estimate of drug-likeness (QED) is 0.679. The van der Waals surface area contributed by atoms with Gasteiger partial charge in [0.15, 0.2) is 12.0 Å². The first-order valence-corrected chi connectivity index (χ1v) is 5.80. The minimum absolute atomic E-state index is 0.250. The first kappa shape index (κ1) is 12.8. The Morgan fingerprint density at radius 2 is 1.74 bits per heavy atom. The number of nitrogens with zero attached hydrogens (tertiary/aromatic N) is 1. The van der Waals surface area contributed by atoms with Crippen LogP contribution in [0.15, 0.2) is 53.3 Å². The van der Waals surface area contributed by atoms with Gasteiger partial charge < -0.3 is 10.2 Å². The van der Waals surface area contributed by atoms with Crippen molar-refractivity contribution < 1.29 is 9.21 Å². The van der Waals surface area contributed by atoms with Crippen molar-refractivity contribution >= 4 is 17.5 Å². The van der Waals surface area contributed by atoms with Crippen LogP contribution < -0.4 is 5.73 Å². The number of amides is 1. The van der Waals surface area contributed by atoms with Gasteiger partial charge in [0.05, 0.1) is 0 Å². The molecule has 0 spiro atoms. The van der Waals surface area contributed by atoms with E-state index in [9.17, 15) is 0 Å². The minimum Gasteiger partial charge on any atom is -0.443 e. The highest BCUT2D eigenvalue weighted by Gasteiger charge is 2.02. The summed E-state index contributed by atoms with van der Waals surface area (Å²) in [5, 5.41) is 0. The molecule has 0 radical (unpaired) electrons. The van der Waals surface area contributed by atoms with Crippen LogP contribution >= 0.6 is 0 Å². The summed E-state index contributed by atoms with van der Waals surface area (Å²) in [5.74, 6) is 0. The van der Waals surface area contributed by atoms with Gasteiger partial charge in [-0.15, -0.1) is 0 Å². The molecule has 0 saturated carbocycles. The molecule has 2 N–H and O–H groups in total. The van der Waals surface area contributed by atoms with Gasteiger partial charge in [-0.05, 0) is 30.2 Å². The Kier molecular flexibility index (Phi) is 3.93. The van der Waals surface area contributed by atoms with Crippen LogP contribution in [-0.2, 0) is 4.79 Å². The maximum Gasteiger partial charge on any atom is 0.204 e. The van der Waals surface area contributed by atoms with E-state index in [0.29, 0.717) is 0 Å². The van der Waals surface area contributed by atoms with E-state index in [1.807, 2.05) is 12.1 Å². The van der Waals surface area contributed by atoms with Crippen LogP contribution in [0.4, 0.5) is 0 Å². The number of carbonyl (C=O) groups excluding carboxylic acids is 1. The number of aryl methyl sites for hydroxylation is 1. The van der Waals surface area contributed by atoms with Gasteiger partial charge in [-0.25, -0.2) is 4.98 Å². The third kappa shape index (κ3) is 2.98. The maximum absolute atomic E-state index is 8.58. The third-order valence-electron chi connectivity index (χ3n) is 2.72. The Bertz CT molecular complexity index is 672. The molecule has 2 aromatic carbocycles. The summed E-state index contributed by atoms with van der Waals surface area (Å²) < 4.78 is 5.29. The van der Waals surface area contributed by atoms with Crippen LogP contribution in [0, 0.1) is 6.92 Å². The molecule has 0 unspecified atom stereocenters. The van der Waals surface area contributed by atoms with E-state index in [2.05, 4.69) is 48.0 Å². The molecule has 4 nitrogen and oxygen atoms in total. The molecule has 96 valence electrons. The van der Waals surface area contributed by atoms with Gasteiger partial charge in [0.1, 0.15) is 5.52 Å². The number of rotatable bonds is 1. The number of oxazole rings is 1. The SMILES string of the molecule is Cc1ccc(-c2ccc3ncoc3c2)cc1.NC=O. The first-order chi connectivity index (χ1) is 9.24. The Morgan fingerprint density at radius 3 is 2.42 bits per heavy atom. The Hall–Kier alpha value is -2.62. The van der Waals surface area contributed by atoms with Gasteiger partial charge in [-0.1, -0.05) is 35.9 Å². The second kappa shape index (κ2) is 5.82. The highest BCUT2D eigenvalue weighted by Crippen LogP contribution is 2.23. The molecule has 3 aromatic rings. The molecule has 0 aliphatic heterocycles. The van der Waals surface area contributed by atoms with Gasteiger partial charge in [0.25, 0.3) is 0 Å². The molecule has 0 saturated heterocycles. The van der Waals surface area contributed by atoms with Crippen LogP contribution in [0.5, 0.6) is 0 Å². The van der Waals surface area contributed by atoms with E-state index in [1.54, 1.807) is 0 Å². The van der Waals surface area contributed by atoms with Crippen molar-refractivity contribution in [1.29, 1.82) is 0 Å². The lowest BCUT2D eigenvalue weighted by Crippen LogP contribution is -1.82. The molecule has 0 fully saturated rings. The molecule has 0 atom stereocenters. The van der Waals surface area contributed by atoms with Crippen molar-refractivity contribution in [2.45, 2.75) is 6.92 Å². The van der Waals surface area contributed by atoms with Crippen molar-refractivity contribution in [2.75, 3.05) is 0 Å². The number of fused-ring (bicyclic) bond motifs is 1. The molecule has 0 aliphatic rings. The first-order valence-electron chi connectivity index (χ1n) is 5.80. The molecule has 1 amide bonds. The van der Waals surface area contributed by atoms with Crippen molar-refractivity contribution in [2.24, 2.45) is 5.73 Å². The normalized spacial score (nSPS) is 9.74. The van der Waals surface area contributed by atoms with Gasteiger partial charge in [-0.3, -0.25) is 4.79 Å². The fourth-order valence-corrected chi connectivity index (χ4v) is 1.78. The zero-order valence-electron chi connectivity index (χ0n) is 10.5. The minimum atomic E-state index is 0.250. The largest absolute Gasteiger partial charge is 0.443 e. The van der Waals surface area contributed by atoms with Gasteiger partial charge in [0, 0.05) is 0 Å². The van der Waals surface area contributed by atoms with Crippen molar-refractivity contribution in [1.82, 2.24) is 4.98 Å². The second-order valence-electron chi connectivity index (χ2n) is 4.04. The third-order valence-corrected chi connectivity index (χ3v) is 2.72. The number of primary amides is 1. The monoisotopic (exact) mass is 254 g/mol. The molecular weight excluding hydrogens is 240 g/mol. The Balaban J connectivity index is 0.000000408. The predicted molar refractivity (Wildman–Crippen MR) is 74.4 cm³/mol. The zero-order valence-corrected chi connectivity index (χ0v) is 10.5. The Morgan fingerprint density at radius 1 is 1.11 bits per heavy atom. The molecule has 0 bridgehead atoms. The zero-order chi connectivity index (χ0) is 13.7. The summed E-state index contributed by atoms with van der Waals surface area (Å²) in [6.07, 6.45) is 1.73. The van der Waals surface area contributed by atoms with E-state index in [1.165, 1.54) is 17.5 Å². The summed E-state index contributed by atoms with van der Waals surface area (Å²) in [4.78, 5) is 12.7. The molecule has 1 heterocycles. The maximum atomic E-state index is 8.58. The van der Waals surface area contributed by atoms with E-state index in [-0.39, 0.29) is 6.41 Å².